The van der Waals surface area contributed by atoms with Crippen molar-refractivity contribution in [3.8, 4) is 0 Å². The molecular weight excluding hydrogens is 284 g/mol. The highest BCUT2D eigenvalue weighted by Gasteiger charge is 2.12. The first kappa shape index (κ1) is 14.2. The molecule has 1 N–H and O–H groups in total. The van der Waals surface area contributed by atoms with Crippen molar-refractivity contribution < 1.29 is 14.6 Å². The van der Waals surface area contributed by atoms with Crippen molar-refractivity contribution in [2.45, 2.75) is 38.9 Å². The minimum atomic E-state index is -0.622. The van der Waals surface area contributed by atoms with Gasteiger partial charge in [0.05, 0.1) is 12.2 Å². The summed E-state index contributed by atoms with van der Waals surface area (Å²) in [4.78, 5) is 11.3. The van der Waals surface area contributed by atoms with Crippen molar-refractivity contribution in [1.29, 1.82) is 0 Å². The molecule has 1 aromatic carbocycles. The van der Waals surface area contributed by atoms with Crippen molar-refractivity contribution in [2.75, 3.05) is 0 Å². The monoisotopic (exact) mass is 300 g/mol. The lowest BCUT2D eigenvalue weighted by molar-refractivity contribution is -0.148. The van der Waals surface area contributed by atoms with Crippen LogP contribution in [0.4, 0.5) is 0 Å². The van der Waals surface area contributed by atoms with Crippen LogP contribution in [0.3, 0.4) is 0 Å². The first-order valence-corrected chi connectivity index (χ1v) is 6.41. The molecule has 0 aromatic heterocycles. The Morgan fingerprint density at radius 3 is 2.47 bits per heavy atom. The summed E-state index contributed by atoms with van der Waals surface area (Å²) in [5, 5.41) is 9.87. The quantitative estimate of drug-likeness (QED) is 0.849. The number of carbonyl (C=O) groups is 1. The third-order valence-electron chi connectivity index (χ3n) is 2.24. The van der Waals surface area contributed by atoms with Crippen LogP contribution in [0.25, 0.3) is 0 Å². The molecule has 94 valence electrons. The van der Waals surface area contributed by atoms with Crippen molar-refractivity contribution >= 4 is 21.9 Å². The SMILES string of the molecule is CC(C)OC(=O)CCC(O)c1ccc(Br)cc1. The zero-order chi connectivity index (χ0) is 12.8. The molecule has 0 fully saturated rings. The number of aliphatic hydroxyl groups is 1. The number of hydrogen-bond acceptors (Lipinski definition) is 3. The first-order chi connectivity index (χ1) is 7.99. The van der Waals surface area contributed by atoms with Crippen LogP contribution in [-0.4, -0.2) is 17.2 Å². The highest BCUT2D eigenvalue weighted by molar-refractivity contribution is 9.10. The maximum Gasteiger partial charge on any atom is 0.306 e. The van der Waals surface area contributed by atoms with Gasteiger partial charge in [-0.1, -0.05) is 28.1 Å². The van der Waals surface area contributed by atoms with Gasteiger partial charge in [-0.2, -0.15) is 0 Å². The second-order valence-electron chi connectivity index (χ2n) is 4.14. The predicted molar refractivity (Wildman–Crippen MR) is 69.6 cm³/mol. The molecule has 1 rings (SSSR count). The van der Waals surface area contributed by atoms with Gasteiger partial charge in [-0.05, 0) is 38.0 Å². The Morgan fingerprint density at radius 1 is 1.35 bits per heavy atom. The van der Waals surface area contributed by atoms with Gasteiger partial charge in [0.1, 0.15) is 0 Å². The fourth-order valence-corrected chi connectivity index (χ4v) is 1.69. The van der Waals surface area contributed by atoms with Gasteiger partial charge in [0.15, 0.2) is 0 Å². The fourth-order valence-electron chi connectivity index (χ4n) is 1.43. The Balaban J connectivity index is 2.42. The van der Waals surface area contributed by atoms with Gasteiger partial charge in [0.25, 0.3) is 0 Å². The summed E-state index contributed by atoms with van der Waals surface area (Å²) in [6, 6.07) is 7.40. The Bertz CT molecular complexity index is 359. The minimum absolute atomic E-state index is 0.104. The van der Waals surface area contributed by atoms with Gasteiger partial charge in [-0.15, -0.1) is 0 Å². The topological polar surface area (TPSA) is 46.5 Å². The van der Waals surface area contributed by atoms with Gasteiger partial charge >= 0.3 is 5.97 Å². The Kier molecular flexibility index (Phi) is 5.65. The van der Waals surface area contributed by atoms with E-state index in [9.17, 15) is 9.90 Å². The molecule has 0 radical (unpaired) electrons. The van der Waals surface area contributed by atoms with Gasteiger partial charge in [0, 0.05) is 10.9 Å². The van der Waals surface area contributed by atoms with Gasteiger partial charge in [-0.3, -0.25) is 4.79 Å². The number of benzene rings is 1. The van der Waals surface area contributed by atoms with E-state index in [0.29, 0.717) is 6.42 Å². The molecule has 0 spiro atoms. The van der Waals surface area contributed by atoms with E-state index in [2.05, 4.69) is 15.9 Å². The Hall–Kier alpha value is -0.870. The molecule has 17 heavy (non-hydrogen) atoms. The molecule has 0 aliphatic heterocycles. The van der Waals surface area contributed by atoms with Crippen LogP contribution >= 0.6 is 15.9 Å². The molecule has 1 unspecified atom stereocenters. The van der Waals surface area contributed by atoms with Gasteiger partial charge < -0.3 is 9.84 Å². The average Bonchev–Trinajstić information content (AvgIpc) is 2.26. The predicted octanol–water partition coefficient (Wildman–Crippen LogP) is 3.21. The third kappa shape index (κ3) is 5.33. The van der Waals surface area contributed by atoms with Crippen LogP contribution in [0.1, 0.15) is 38.4 Å². The minimum Gasteiger partial charge on any atom is -0.463 e. The summed E-state index contributed by atoms with van der Waals surface area (Å²) < 4.78 is 5.96. The van der Waals surface area contributed by atoms with Crippen LogP contribution in [0, 0.1) is 0 Å². The lowest BCUT2D eigenvalue weighted by Crippen LogP contribution is -2.12. The molecule has 0 heterocycles. The summed E-state index contributed by atoms with van der Waals surface area (Å²) in [6.45, 7) is 3.62. The van der Waals surface area contributed by atoms with Crippen molar-refractivity contribution in [1.82, 2.24) is 0 Å². The fraction of sp³-hybridized carbons (Fsp3) is 0.462. The first-order valence-electron chi connectivity index (χ1n) is 5.62. The molecule has 0 bridgehead atoms. The third-order valence-corrected chi connectivity index (χ3v) is 2.77. The van der Waals surface area contributed by atoms with E-state index in [0.717, 1.165) is 10.0 Å². The number of carbonyl (C=O) groups excluding carboxylic acids is 1. The highest BCUT2D eigenvalue weighted by Crippen LogP contribution is 2.20. The summed E-state index contributed by atoms with van der Waals surface area (Å²) in [5.74, 6) is -0.267. The van der Waals surface area contributed by atoms with E-state index in [-0.39, 0.29) is 18.5 Å². The standard InChI is InChI=1S/C13H17BrO3/c1-9(2)17-13(16)8-7-12(15)10-3-5-11(14)6-4-10/h3-6,9,12,15H,7-8H2,1-2H3. The number of rotatable bonds is 5. The molecule has 1 aromatic rings. The smallest absolute Gasteiger partial charge is 0.306 e. The summed E-state index contributed by atoms with van der Waals surface area (Å²) in [6.07, 6.45) is -0.113. The maximum absolute atomic E-state index is 11.3. The van der Waals surface area contributed by atoms with Crippen LogP contribution in [0.2, 0.25) is 0 Å². The number of halogens is 1. The van der Waals surface area contributed by atoms with Crippen molar-refractivity contribution in [3.63, 3.8) is 0 Å². The van der Waals surface area contributed by atoms with E-state index in [1.165, 1.54) is 0 Å². The van der Waals surface area contributed by atoms with E-state index < -0.39 is 6.10 Å². The molecule has 0 aliphatic rings. The van der Waals surface area contributed by atoms with Crippen LogP contribution in [0.5, 0.6) is 0 Å². The molecular formula is C13H17BrO3. The van der Waals surface area contributed by atoms with Crippen LogP contribution < -0.4 is 0 Å². The molecule has 3 nitrogen and oxygen atoms in total. The van der Waals surface area contributed by atoms with E-state index in [1.54, 1.807) is 0 Å². The summed E-state index contributed by atoms with van der Waals surface area (Å²) in [5.41, 5.74) is 0.811. The van der Waals surface area contributed by atoms with Crippen LogP contribution in [0.15, 0.2) is 28.7 Å². The molecule has 4 heteroatoms. The lowest BCUT2D eigenvalue weighted by Gasteiger charge is -2.12. The Labute approximate surface area is 110 Å². The largest absolute Gasteiger partial charge is 0.463 e. The van der Waals surface area contributed by atoms with Crippen molar-refractivity contribution in [2.24, 2.45) is 0 Å². The molecule has 0 aliphatic carbocycles. The normalized spacial score (nSPS) is 12.5. The number of aliphatic hydroxyl groups excluding tert-OH is 1. The highest BCUT2D eigenvalue weighted by atomic mass is 79.9. The number of hydrogen-bond donors (Lipinski definition) is 1. The number of ether oxygens (including phenoxy) is 1. The molecule has 0 saturated heterocycles. The van der Waals surface area contributed by atoms with E-state index in [4.69, 9.17) is 4.74 Å². The maximum atomic E-state index is 11.3. The number of esters is 1. The zero-order valence-corrected chi connectivity index (χ0v) is 11.6. The lowest BCUT2D eigenvalue weighted by atomic mass is 10.1. The average molecular weight is 301 g/mol. The van der Waals surface area contributed by atoms with Crippen LogP contribution in [-0.2, 0) is 9.53 Å². The zero-order valence-electron chi connectivity index (χ0n) is 10.0. The molecule has 0 saturated carbocycles. The summed E-state index contributed by atoms with van der Waals surface area (Å²) in [7, 11) is 0. The molecule has 1 atom stereocenters. The Morgan fingerprint density at radius 2 is 1.94 bits per heavy atom. The van der Waals surface area contributed by atoms with Gasteiger partial charge in [0.2, 0.25) is 0 Å². The van der Waals surface area contributed by atoms with Gasteiger partial charge in [-0.25, -0.2) is 0 Å². The second kappa shape index (κ2) is 6.77. The summed E-state index contributed by atoms with van der Waals surface area (Å²) >= 11 is 3.33. The van der Waals surface area contributed by atoms with E-state index in [1.807, 2.05) is 38.1 Å². The van der Waals surface area contributed by atoms with Crippen molar-refractivity contribution in [3.05, 3.63) is 34.3 Å². The second-order valence-corrected chi connectivity index (χ2v) is 5.06. The van der Waals surface area contributed by atoms with E-state index >= 15 is 0 Å². The molecule has 0 amide bonds.